The molecule has 1 unspecified atom stereocenters. The van der Waals surface area contributed by atoms with Crippen LogP contribution in [0.3, 0.4) is 0 Å². The van der Waals surface area contributed by atoms with Crippen molar-refractivity contribution in [2.24, 2.45) is 0 Å². The van der Waals surface area contributed by atoms with Crippen LogP contribution in [0.2, 0.25) is 0 Å². The number of halogens is 1. The number of Topliss-reactive ketones (excluding diaryl/α,β-unsaturated/α-hetero) is 1. The first-order chi connectivity index (χ1) is 9.91. The standard InChI is InChI=1S/C15H14BrNO3S/c1-10-2-4-11(5-3-10)21(19,20)17-9-8-12-14(17)7-6-13(16)15(12)18/h2-5,8-9,13H,6-7H2,1H3. The second kappa shape index (κ2) is 5.10. The Morgan fingerprint density at radius 1 is 1.19 bits per heavy atom. The first-order valence-electron chi connectivity index (χ1n) is 6.62. The summed E-state index contributed by atoms with van der Waals surface area (Å²) in [5.74, 6) is -0.0471. The van der Waals surface area contributed by atoms with Crippen molar-refractivity contribution in [2.75, 3.05) is 0 Å². The molecule has 1 atom stereocenters. The molecule has 0 spiro atoms. The van der Waals surface area contributed by atoms with Crippen LogP contribution in [0.15, 0.2) is 41.4 Å². The molecule has 6 heteroatoms. The number of carbonyl (C=O) groups is 1. The summed E-state index contributed by atoms with van der Waals surface area (Å²) in [5, 5.41) is 0. The van der Waals surface area contributed by atoms with E-state index in [1.807, 2.05) is 6.92 Å². The van der Waals surface area contributed by atoms with E-state index in [0.717, 1.165) is 5.56 Å². The number of rotatable bonds is 2. The smallest absolute Gasteiger partial charge is 0.267 e. The summed E-state index contributed by atoms with van der Waals surface area (Å²) in [6, 6.07) is 8.31. The van der Waals surface area contributed by atoms with Gasteiger partial charge in [0.25, 0.3) is 10.0 Å². The fourth-order valence-corrected chi connectivity index (χ4v) is 4.41. The van der Waals surface area contributed by atoms with Crippen molar-refractivity contribution >= 4 is 31.7 Å². The molecule has 1 aromatic heterocycles. The van der Waals surface area contributed by atoms with E-state index in [1.165, 1.54) is 10.2 Å². The predicted molar refractivity (Wildman–Crippen MR) is 83.6 cm³/mol. The molecule has 0 bridgehead atoms. The fraction of sp³-hybridized carbons (Fsp3) is 0.267. The Labute approximate surface area is 132 Å². The number of ketones is 1. The van der Waals surface area contributed by atoms with Crippen molar-refractivity contribution in [1.82, 2.24) is 3.97 Å². The number of fused-ring (bicyclic) bond motifs is 1. The molecule has 0 aliphatic heterocycles. The van der Waals surface area contributed by atoms with Gasteiger partial charge in [0.2, 0.25) is 0 Å². The maximum absolute atomic E-state index is 12.7. The lowest BCUT2D eigenvalue weighted by atomic mass is 9.97. The highest BCUT2D eigenvalue weighted by atomic mass is 79.9. The minimum atomic E-state index is -3.65. The average molecular weight is 368 g/mol. The molecule has 21 heavy (non-hydrogen) atoms. The molecule has 2 aromatic rings. The van der Waals surface area contributed by atoms with Crippen LogP contribution in [0.4, 0.5) is 0 Å². The van der Waals surface area contributed by atoms with Crippen LogP contribution >= 0.6 is 15.9 Å². The first-order valence-corrected chi connectivity index (χ1v) is 8.97. The lowest BCUT2D eigenvalue weighted by molar-refractivity contribution is 0.0981. The molecule has 0 amide bonds. The molecule has 0 saturated heterocycles. The van der Waals surface area contributed by atoms with Gasteiger partial charge in [-0.05, 0) is 38.0 Å². The van der Waals surface area contributed by atoms with Gasteiger partial charge in [-0.3, -0.25) is 4.79 Å². The zero-order chi connectivity index (χ0) is 15.2. The molecule has 1 heterocycles. The van der Waals surface area contributed by atoms with Crippen LogP contribution in [0.25, 0.3) is 0 Å². The zero-order valence-electron chi connectivity index (χ0n) is 11.4. The number of aromatic nitrogens is 1. The summed E-state index contributed by atoms with van der Waals surface area (Å²) in [4.78, 5) is 12.1. The maximum Gasteiger partial charge on any atom is 0.267 e. The van der Waals surface area contributed by atoms with Crippen molar-refractivity contribution in [3.63, 3.8) is 0 Å². The fourth-order valence-electron chi connectivity index (χ4n) is 2.53. The summed E-state index contributed by atoms with van der Waals surface area (Å²) in [7, 11) is -3.65. The van der Waals surface area contributed by atoms with Crippen molar-refractivity contribution in [1.29, 1.82) is 0 Å². The van der Waals surface area contributed by atoms with E-state index in [1.54, 1.807) is 30.3 Å². The minimum absolute atomic E-state index is 0.0471. The monoisotopic (exact) mass is 367 g/mol. The van der Waals surface area contributed by atoms with E-state index in [4.69, 9.17) is 0 Å². The molecule has 110 valence electrons. The number of carbonyl (C=O) groups excluding carboxylic acids is 1. The van der Waals surface area contributed by atoms with Crippen molar-refractivity contribution in [2.45, 2.75) is 29.5 Å². The van der Waals surface area contributed by atoms with Gasteiger partial charge in [0.1, 0.15) is 0 Å². The maximum atomic E-state index is 12.7. The number of alkyl halides is 1. The lowest BCUT2D eigenvalue weighted by Crippen LogP contribution is -2.25. The Balaban J connectivity index is 2.11. The second-order valence-electron chi connectivity index (χ2n) is 5.16. The van der Waals surface area contributed by atoms with Gasteiger partial charge >= 0.3 is 0 Å². The Morgan fingerprint density at radius 3 is 2.52 bits per heavy atom. The Morgan fingerprint density at radius 2 is 1.86 bits per heavy atom. The molecule has 3 rings (SSSR count). The van der Waals surface area contributed by atoms with Gasteiger partial charge < -0.3 is 0 Å². The molecule has 0 N–H and O–H groups in total. The molecule has 0 radical (unpaired) electrons. The van der Waals surface area contributed by atoms with Crippen molar-refractivity contribution in [3.05, 3.63) is 53.3 Å². The van der Waals surface area contributed by atoms with Crippen LogP contribution in [0.5, 0.6) is 0 Å². The summed E-state index contributed by atoms with van der Waals surface area (Å²) in [6.07, 6.45) is 2.65. The second-order valence-corrected chi connectivity index (χ2v) is 8.08. The van der Waals surface area contributed by atoms with Crippen LogP contribution in [-0.2, 0) is 16.4 Å². The number of benzene rings is 1. The van der Waals surface area contributed by atoms with Crippen molar-refractivity contribution < 1.29 is 13.2 Å². The number of nitrogens with zero attached hydrogens (tertiary/aromatic N) is 1. The average Bonchev–Trinajstić information content (AvgIpc) is 2.89. The van der Waals surface area contributed by atoms with Gasteiger partial charge in [0, 0.05) is 17.5 Å². The Kier molecular flexibility index (Phi) is 3.53. The largest absolute Gasteiger partial charge is 0.293 e. The molecule has 4 nitrogen and oxygen atoms in total. The van der Waals surface area contributed by atoms with Crippen molar-refractivity contribution in [3.8, 4) is 0 Å². The normalized spacial score (nSPS) is 18.6. The van der Waals surface area contributed by atoms with E-state index < -0.39 is 10.0 Å². The highest BCUT2D eigenvalue weighted by molar-refractivity contribution is 9.10. The van der Waals surface area contributed by atoms with Crippen LogP contribution in [0.1, 0.15) is 28.0 Å². The molecular weight excluding hydrogens is 354 g/mol. The molecule has 1 aromatic carbocycles. The SMILES string of the molecule is Cc1ccc(S(=O)(=O)n2ccc3c2CCC(Br)C3=O)cc1. The predicted octanol–water partition coefficient (Wildman–Crippen LogP) is 2.93. The summed E-state index contributed by atoms with van der Waals surface area (Å²) < 4.78 is 26.7. The quantitative estimate of drug-likeness (QED) is 0.766. The van der Waals surface area contributed by atoms with Gasteiger partial charge in [0.15, 0.2) is 5.78 Å². The molecule has 1 aliphatic carbocycles. The highest BCUT2D eigenvalue weighted by Crippen LogP contribution is 2.29. The lowest BCUT2D eigenvalue weighted by Gasteiger charge is -2.18. The van der Waals surface area contributed by atoms with Gasteiger partial charge in [-0.2, -0.15) is 0 Å². The molecule has 0 fully saturated rings. The Hall–Kier alpha value is -1.40. The summed E-state index contributed by atoms with van der Waals surface area (Å²) in [5.41, 5.74) is 2.08. The third-order valence-electron chi connectivity index (χ3n) is 3.72. The summed E-state index contributed by atoms with van der Waals surface area (Å²) in [6.45, 7) is 1.91. The highest BCUT2D eigenvalue weighted by Gasteiger charge is 2.31. The summed E-state index contributed by atoms with van der Waals surface area (Å²) >= 11 is 3.33. The molecule has 0 saturated carbocycles. The van der Waals surface area contributed by atoms with E-state index >= 15 is 0 Å². The van der Waals surface area contributed by atoms with E-state index in [9.17, 15) is 13.2 Å². The van der Waals surface area contributed by atoms with Crippen LogP contribution in [-0.4, -0.2) is 23.0 Å². The topological polar surface area (TPSA) is 56.1 Å². The van der Waals surface area contributed by atoms with Crippen LogP contribution < -0.4 is 0 Å². The van der Waals surface area contributed by atoms with Gasteiger partial charge in [-0.25, -0.2) is 12.4 Å². The zero-order valence-corrected chi connectivity index (χ0v) is 13.8. The third-order valence-corrected chi connectivity index (χ3v) is 6.32. The number of aryl methyl sites for hydroxylation is 1. The van der Waals surface area contributed by atoms with E-state index in [2.05, 4.69) is 15.9 Å². The number of hydrogen-bond donors (Lipinski definition) is 0. The van der Waals surface area contributed by atoms with E-state index in [0.29, 0.717) is 24.1 Å². The number of hydrogen-bond acceptors (Lipinski definition) is 3. The van der Waals surface area contributed by atoms with Gasteiger partial charge in [-0.15, -0.1) is 0 Å². The third kappa shape index (κ3) is 2.36. The molecular formula is C15H14BrNO3S. The van der Waals surface area contributed by atoms with E-state index in [-0.39, 0.29) is 15.5 Å². The first kappa shape index (κ1) is 14.5. The van der Waals surface area contributed by atoms with Gasteiger partial charge in [0.05, 0.1) is 9.72 Å². The van der Waals surface area contributed by atoms with Gasteiger partial charge in [-0.1, -0.05) is 33.6 Å². The Bertz CT molecular complexity index is 806. The van der Waals surface area contributed by atoms with Crippen LogP contribution in [0, 0.1) is 6.92 Å². The minimum Gasteiger partial charge on any atom is -0.293 e. The molecule has 1 aliphatic rings.